The molecule has 1 aliphatic rings. The smallest absolute Gasteiger partial charge is 0.252 e. The number of fused-ring (bicyclic) bond motifs is 1. The third kappa shape index (κ3) is 2.55. The van der Waals surface area contributed by atoms with Crippen LogP contribution in [-0.4, -0.2) is 24.0 Å². The van der Waals surface area contributed by atoms with Gasteiger partial charge in [0.2, 0.25) is 0 Å². The first-order valence-electron chi connectivity index (χ1n) is 8.20. The Labute approximate surface area is 140 Å². The number of aromatic nitrogens is 1. The second kappa shape index (κ2) is 6.06. The molecule has 0 radical (unpaired) electrons. The lowest BCUT2D eigenvalue weighted by Crippen LogP contribution is -2.47. The van der Waals surface area contributed by atoms with Crippen molar-refractivity contribution in [2.75, 3.05) is 13.1 Å². The summed E-state index contributed by atoms with van der Waals surface area (Å²) in [5.41, 5.74) is 1.45. The lowest BCUT2D eigenvalue weighted by atomic mass is 9.88. The average molecular weight is 317 g/mol. The molecule has 1 fully saturated rings. The van der Waals surface area contributed by atoms with Gasteiger partial charge in [-0.1, -0.05) is 42.5 Å². The van der Waals surface area contributed by atoms with Gasteiger partial charge in [-0.2, -0.15) is 0 Å². The highest BCUT2D eigenvalue weighted by Gasteiger charge is 2.37. The van der Waals surface area contributed by atoms with Gasteiger partial charge < -0.3 is 10.6 Å². The largest absolute Gasteiger partial charge is 0.341 e. The van der Waals surface area contributed by atoms with Crippen LogP contribution in [0.15, 0.2) is 67.0 Å². The van der Waals surface area contributed by atoms with Crippen LogP contribution in [-0.2, 0) is 5.54 Å². The van der Waals surface area contributed by atoms with Gasteiger partial charge in [0.25, 0.3) is 5.91 Å². The Bertz CT molecular complexity index is 865. The van der Waals surface area contributed by atoms with Crippen LogP contribution in [0.4, 0.5) is 0 Å². The molecule has 2 N–H and O–H groups in total. The number of hydrogen-bond acceptors (Lipinski definition) is 3. The van der Waals surface area contributed by atoms with Crippen molar-refractivity contribution in [3.8, 4) is 0 Å². The van der Waals surface area contributed by atoms with Gasteiger partial charge in [0.1, 0.15) is 0 Å². The molecule has 1 aliphatic heterocycles. The number of rotatable bonds is 3. The first kappa shape index (κ1) is 14.8. The molecule has 0 saturated carbocycles. The lowest BCUT2D eigenvalue weighted by molar-refractivity contribution is 0.0906. The van der Waals surface area contributed by atoms with E-state index in [1.54, 1.807) is 12.4 Å². The maximum absolute atomic E-state index is 13.0. The monoisotopic (exact) mass is 317 g/mol. The van der Waals surface area contributed by atoms with Crippen molar-refractivity contribution in [1.29, 1.82) is 0 Å². The molecule has 0 bridgehead atoms. The molecule has 1 aromatic heterocycles. The molecule has 120 valence electrons. The molecule has 2 aromatic carbocycles. The summed E-state index contributed by atoms with van der Waals surface area (Å²) in [6.45, 7) is 1.64. The summed E-state index contributed by atoms with van der Waals surface area (Å²) in [5.74, 6) is -0.0545. The van der Waals surface area contributed by atoms with Gasteiger partial charge in [0.05, 0.1) is 5.54 Å². The number of carbonyl (C=O) groups excluding carboxylic acids is 1. The van der Waals surface area contributed by atoms with Gasteiger partial charge in [0, 0.05) is 29.9 Å². The minimum atomic E-state index is -0.358. The SMILES string of the molecule is O=C(NC1(c2ccccc2)CCNC1)c1cccc2ccncc12. The van der Waals surface area contributed by atoms with Gasteiger partial charge in [-0.15, -0.1) is 0 Å². The van der Waals surface area contributed by atoms with Crippen molar-refractivity contribution in [1.82, 2.24) is 15.6 Å². The highest BCUT2D eigenvalue weighted by molar-refractivity contribution is 6.07. The van der Waals surface area contributed by atoms with Gasteiger partial charge >= 0.3 is 0 Å². The molecule has 1 atom stereocenters. The molecule has 1 amide bonds. The molecular formula is C20H19N3O. The van der Waals surface area contributed by atoms with Crippen molar-refractivity contribution in [2.24, 2.45) is 0 Å². The Balaban J connectivity index is 1.71. The minimum absolute atomic E-state index is 0.0545. The summed E-state index contributed by atoms with van der Waals surface area (Å²) in [7, 11) is 0. The molecule has 0 spiro atoms. The molecule has 24 heavy (non-hydrogen) atoms. The number of carbonyl (C=O) groups is 1. The van der Waals surface area contributed by atoms with Gasteiger partial charge in [-0.25, -0.2) is 0 Å². The lowest BCUT2D eigenvalue weighted by Gasteiger charge is -2.30. The maximum Gasteiger partial charge on any atom is 0.252 e. The highest BCUT2D eigenvalue weighted by atomic mass is 16.1. The van der Waals surface area contributed by atoms with Crippen LogP contribution in [0, 0.1) is 0 Å². The van der Waals surface area contributed by atoms with E-state index in [1.807, 2.05) is 42.5 Å². The van der Waals surface area contributed by atoms with Crippen LogP contribution in [0.25, 0.3) is 10.8 Å². The van der Waals surface area contributed by atoms with Crippen molar-refractivity contribution < 1.29 is 4.79 Å². The Morgan fingerprint density at radius 3 is 2.75 bits per heavy atom. The van der Waals surface area contributed by atoms with Crippen molar-refractivity contribution >= 4 is 16.7 Å². The summed E-state index contributed by atoms with van der Waals surface area (Å²) in [6.07, 6.45) is 4.38. The van der Waals surface area contributed by atoms with E-state index < -0.39 is 0 Å². The molecule has 4 rings (SSSR count). The Hall–Kier alpha value is -2.72. The zero-order valence-corrected chi connectivity index (χ0v) is 13.3. The summed E-state index contributed by atoms with van der Waals surface area (Å²) in [5, 5.41) is 8.57. The molecule has 1 saturated heterocycles. The fourth-order valence-electron chi connectivity index (χ4n) is 3.47. The molecule has 3 aromatic rings. The molecule has 2 heterocycles. The van der Waals surface area contributed by atoms with E-state index >= 15 is 0 Å². The quantitative estimate of drug-likeness (QED) is 0.781. The van der Waals surface area contributed by atoms with Crippen LogP contribution in [0.5, 0.6) is 0 Å². The Morgan fingerprint density at radius 2 is 1.96 bits per heavy atom. The van der Waals surface area contributed by atoms with Gasteiger partial charge in [0.15, 0.2) is 0 Å². The number of benzene rings is 2. The van der Waals surface area contributed by atoms with Crippen LogP contribution in [0.1, 0.15) is 22.3 Å². The molecule has 0 aliphatic carbocycles. The third-order valence-electron chi connectivity index (χ3n) is 4.76. The normalized spacial score (nSPS) is 20.2. The second-order valence-electron chi connectivity index (χ2n) is 6.23. The summed E-state index contributed by atoms with van der Waals surface area (Å²) >= 11 is 0. The van der Waals surface area contributed by atoms with Crippen LogP contribution in [0.2, 0.25) is 0 Å². The van der Waals surface area contributed by atoms with Gasteiger partial charge in [-0.3, -0.25) is 9.78 Å². The van der Waals surface area contributed by atoms with E-state index in [9.17, 15) is 4.79 Å². The van der Waals surface area contributed by atoms with E-state index in [2.05, 4.69) is 27.8 Å². The average Bonchev–Trinajstić information content (AvgIpc) is 3.11. The molecule has 1 unspecified atom stereocenters. The zero-order chi connectivity index (χ0) is 16.4. The number of hydrogen-bond donors (Lipinski definition) is 2. The predicted molar refractivity (Wildman–Crippen MR) is 94.8 cm³/mol. The van der Waals surface area contributed by atoms with Crippen LogP contribution >= 0.6 is 0 Å². The van der Waals surface area contributed by atoms with Gasteiger partial charge in [-0.05, 0) is 36.0 Å². The first-order valence-corrected chi connectivity index (χ1v) is 8.20. The third-order valence-corrected chi connectivity index (χ3v) is 4.76. The topological polar surface area (TPSA) is 54.0 Å². The minimum Gasteiger partial charge on any atom is -0.341 e. The van der Waals surface area contributed by atoms with Crippen molar-refractivity contribution in [3.63, 3.8) is 0 Å². The Kier molecular flexibility index (Phi) is 3.75. The summed E-state index contributed by atoms with van der Waals surface area (Å²) in [4.78, 5) is 17.2. The number of amides is 1. The fraction of sp³-hybridized carbons (Fsp3) is 0.200. The predicted octanol–water partition coefficient (Wildman–Crippen LogP) is 2.85. The number of pyridine rings is 1. The van der Waals surface area contributed by atoms with Crippen LogP contribution < -0.4 is 10.6 Å². The number of nitrogens with zero attached hydrogens (tertiary/aromatic N) is 1. The first-order chi connectivity index (χ1) is 11.8. The zero-order valence-electron chi connectivity index (χ0n) is 13.3. The molecule has 4 nitrogen and oxygen atoms in total. The second-order valence-corrected chi connectivity index (χ2v) is 6.23. The Morgan fingerprint density at radius 1 is 1.08 bits per heavy atom. The summed E-state index contributed by atoms with van der Waals surface area (Å²) < 4.78 is 0. The highest BCUT2D eigenvalue weighted by Crippen LogP contribution is 2.29. The van der Waals surface area contributed by atoms with E-state index in [-0.39, 0.29) is 11.4 Å². The fourth-order valence-corrected chi connectivity index (χ4v) is 3.47. The van der Waals surface area contributed by atoms with E-state index in [0.29, 0.717) is 5.56 Å². The summed E-state index contributed by atoms with van der Waals surface area (Å²) in [6, 6.07) is 17.9. The molecule has 4 heteroatoms. The van der Waals surface area contributed by atoms with Crippen molar-refractivity contribution in [2.45, 2.75) is 12.0 Å². The van der Waals surface area contributed by atoms with E-state index in [4.69, 9.17) is 0 Å². The molecular weight excluding hydrogens is 298 g/mol. The standard InChI is InChI=1S/C20H19N3O/c24-19(17-8-4-5-15-9-11-21-13-18(15)17)23-20(10-12-22-14-20)16-6-2-1-3-7-16/h1-9,11,13,22H,10,12,14H2,(H,23,24). The maximum atomic E-state index is 13.0. The number of nitrogens with one attached hydrogen (secondary N) is 2. The van der Waals surface area contributed by atoms with Crippen molar-refractivity contribution in [3.05, 3.63) is 78.1 Å². The van der Waals surface area contributed by atoms with Crippen LogP contribution in [0.3, 0.4) is 0 Å². The van der Waals surface area contributed by atoms with E-state index in [1.165, 1.54) is 0 Å². The van der Waals surface area contributed by atoms with E-state index in [0.717, 1.165) is 35.8 Å².